The molecular weight excluding hydrogens is 293 g/mol. The van der Waals surface area contributed by atoms with Crippen molar-refractivity contribution < 1.29 is 22.8 Å². The summed E-state index contributed by atoms with van der Waals surface area (Å²) in [5, 5.41) is 8.12. The summed E-state index contributed by atoms with van der Waals surface area (Å²) < 4.78 is 37.4. The maximum Gasteiger partial charge on any atom is 0.408 e. The SMILES string of the molecule is O=C(NCc1ccsc1)[C@H]1CC[C@@H](C(F)(F)F)NC1=O. The molecule has 0 unspecified atom stereocenters. The molecule has 1 fully saturated rings. The molecule has 2 amide bonds. The van der Waals surface area contributed by atoms with Crippen LogP contribution in [0.25, 0.3) is 0 Å². The Hall–Kier alpha value is -1.57. The molecule has 0 bridgehead atoms. The lowest BCUT2D eigenvalue weighted by atomic mass is 9.93. The van der Waals surface area contributed by atoms with E-state index in [9.17, 15) is 22.8 Å². The second-order valence-corrected chi connectivity index (χ2v) is 5.36. The minimum Gasteiger partial charge on any atom is -0.351 e. The van der Waals surface area contributed by atoms with Crippen LogP contribution < -0.4 is 10.6 Å². The number of piperidine rings is 1. The molecule has 0 saturated carbocycles. The Balaban J connectivity index is 1.87. The van der Waals surface area contributed by atoms with Gasteiger partial charge in [-0.2, -0.15) is 24.5 Å². The Morgan fingerprint density at radius 1 is 1.45 bits per heavy atom. The van der Waals surface area contributed by atoms with Gasteiger partial charge < -0.3 is 10.6 Å². The highest BCUT2D eigenvalue weighted by Crippen LogP contribution is 2.28. The number of nitrogens with one attached hydrogen (secondary N) is 2. The highest BCUT2D eigenvalue weighted by Gasteiger charge is 2.45. The summed E-state index contributed by atoms with van der Waals surface area (Å²) in [7, 11) is 0. The third-order valence-electron chi connectivity index (χ3n) is 3.14. The van der Waals surface area contributed by atoms with E-state index in [1.807, 2.05) is 22.1 Å². The highest BCUT2D eigenvalue weighted by molar-refractivity contribution is 7.07. The molecule has 0 radical (unpaired) electrons. The van der Waals surface area contributed by atoms with Crippen LogP contribution in [0.1, 0.15) is 18.4 Å². The number of alkyl halides is 3. The highest BCUT2D eigenvalue weighted by atomic mass is 32.1. The number of halogens is 3. The number of hydrogen-bond acceptors (Lipinski definition) is 3. The lowest BCUT2D eigenvalue weighted by Crippen LogP contribution is -2.54. The van der Waals surface area contributed by atoms with Crippen LogP contribution in [0.15, 0.2) is 16.8 Å². The molecule has 1 aliphatic rings. The first kappa shape index (κ1) is 14.8. The van der Waals surface area contributed by atoms with Gasteiger partial charge in [0, 0.05) is 6.54 Å². The summed E-state index contributed by atoms with van der Waals surface area (Å²) in [5.41, 5.74) is 0.896. The van der Waals surface area contributed by atoms with E-state index in [1.54, 1.807) is 0 Å². The topological polar surface area (TPSA) is 58.2 Å². The Kier molecular flexibility index (Phi) is 4.32. The maximum absolute atomic E-state index is 12.5. The van der Waals surface area contributed by atoms with Crippen molar-refractivity contribution >= 4 is 23.2 Å². The molecule has 1 aromatic rings. The summed E-state index contributed by atoms with van der Waals surface area (Å²) in [6.07, 6.45) is -4.83. The average Bonchev–Trinajstić information content (AvgIpc) is 2.87. The molecule has 2 N–H and O–H groups in total. The molecule has 110 valence electrons. The van der Waals surface area contributed by atoms with Crippen molar-refractivity contribution in [1.82, 2.24) is 10.6 Å². The zero-order valence-corrected chi connectivity index (χ0v) is 11.2. The minimum atomic E-state index is -4.46. The van der Waals surface area contributed by atoms with Crippen molar-refractivity contribution in [2.45, 2.75) is 31.6 Å². The van der Waals surface area contributed by atoms with E-state index in [0.29, 0.717) is 0 Å². The number of amides is 2. The van der Waals surface area contributed by atoms with Crippen molar-refractivity contribution in [3.8, 4) is 0 Å². The van der Waals surface area contributed by atoms with Gasteiger partial charge in [-0.3, -0.25) is 9.59 Å². The van der Waals surface area contributed by atoms with Gasteiger partial charge in [-0.15, -0.1) is 0 Å². The van der Waals surface area contributed by atoms with Gasteiger partial charge in [0.1, 0.15) is 12.0 Å². The normalized spacial score (nSPS) is 23.2. The van der Waals surface area contributed by atoms with E-state index >= 15 is 0 Å². The van der Waals surface area contributed by atoms with Gasteiger partial charge in [-0.05, 0) is 35.2 Å². The first-order valence-corrected chi connectivity index (χ1v) is 6.98. The van der Waals surface area contributed by atoms with Gasteiger partial charge in [0.25, 0.3) is 0 Å². The second-order valence-electron chi connectivity index (χ2n) is 4.58. The second kappa shape index (κ2) is 5.82. The molecule has 0 aromatic carbocycles. The Morgan fingerprint density at radius 3 is 2.75 bits per heavy atom. The Bertz CT molecular complexity index is 487. The number of rotatable bonds is 3. The molecule has 1 saturated heterocycles. The predicted molar refractivity (Wildman–Crippen MR) is 66.9 cm³/mol. The molecule has 2 atom stereocenters. The average molecular weight is 306 g/mol. The van der Waals surface area contributed by atoms with Crippen LogP contribution in [0, 0.1) is 5.92 Å². The summed E-state index contributed by atoms with van der Waals surface area (Å²) >= 11 is 1.47. The van der Waals surface area contributed by atoms with Gasteiger partial charge >= 0.3 is 6.18 Å². The third kappa shape index (κ3) is 3.50. The van der Waals surface area contributed by atoms with Gasteiger partial charge in [0.2, 0.25) is 11.8 Å². The largest absolute Gasteiger partial charge is 0.408 e. The van der Waals surface area contributed by atoms with Gasteiger partial charge in [-0.25, -0.2) is 0 Å². The lowest BCUT2D eigenvalue weighted by molar-refractivity contribution is -0.171. The number of carbonyl (C=O) groups excluding carboxylic acids is 2. The standard InChI is InChI=1S/C12H13F3N2O2S/c13-12(14,15)9-2-1-8(11(19)17-9)10(18)16-5-7-3-4-20-6-7/h3-4,6,8-9H,1-2,5H2,(H,16,18)(H,17,19)/t8-,9+/m1/s1. The Labute approximate surface area is 117 Å². The maximum atomic E-state index is 12.5. The van der Waals surface area contributed by atoms with Crippen molar-refractivity contribution in [3.05, 3.63) is 22.4 Å². The van der Waals surface area contributed by atoms with Gasteiger partial charge in [-0.1, -0.05) is 0 Å². The van der Waals surface area contributed by atoms with E-state index in [4.69, 9.17) is 0 Å². The van der Waals surface area contributed by atoms with E-state index in [-0.39, 0.29) is 19.4 Å². The third-order valence-corrected chi connectivity index (χ3v) is 3.87. The smallest absolute Gasteiger partial charge is 0.351 e. The Morgan fingerprint density at radius 2 is 2.20 bits per heavy atom. The first-order chi connectivity index (χ1) is 9.38. The quantitative estimate of drug-likeness (QED) is 0.837. The molecular formula is C12H13F3N2O2S. The lowest BCUT2D eigenvalue weighted by Gasteiger charge is -2.29. The van der Waals surface area contributed by atoms with Gasteiger partial charge in [0.05, 0.1) is 0 Å². The fraction of sp³-hybridized carbons (Fsp3) is 0.500. The van der Waals surface area contributed by atoms with E-state index in [1.165, 1.54) is 11.3 Å². The van der Waals surface area contributed by atoms with E-state index < -0.39 is 30.0 Å². The van der Waals surface area contributed by atoms with Crippen molar-refractivity contribution in [2.24, 2.45) is 5.92 Å². The molecule has 2 heterocycles. The first-order valence-electron chi connectivity index (χ1n) is 6.04. The zero-order valence-electron chi connectivity index (χ0n) is 10.4. The molecule has 0 spiro atoms. The van der Waals surface area contributed by atoms with Crippen molar-refractivity contribution in [2.75, 3.05) is 0 Å². The molecule has 1 aromatic heterocycles. The summed E-state index contributed by atoms with van der Waals surface area (Å²) in [6.45, 7) is 0.273. The molecule has 2 rings (SSSR count). The monoisotopic (exact) mass is 306 g/mol. The van der Waals surface area contributed by atoms with E-state index in [2.05, 4.69) is 5.32 Å². The van der Waals surface area contributed by atoms with E-state index in [0.717, 1.165) is 5.56 Å². The molecule has 0 aliphatic carbocycles. The van der Waals surface area contributed by atoms with Crippen molar-refractivity contribution in [1.29, 1.82) is 0 Å². The van der Waals surface area contributed by atoms with Crippen LogP contribution in [0.4, 0.5) is 13.2 Å². The van der Waals surface area contributed by atoms with Crippen molar-refractivity contribution in [3.63, 3.8) is 0 Å². The predicted octanol–water partition coefficient (Wildman–Crippen LogP) is 1.82. The van der Waals surface area contributed by atoms with Crippen LogP contribution in [-0.2, 0) is 16.1 Å². The molecule has 4 nitrogen and oxygen atoms in total. The van der Waals surface area contributed by atoms with Crippen LogP contribution in [-0.4, -0.2) is 24.0 Å². The summed E-state index contributed by atoms with van der Waals surface area (Å²) in [6, 6.07) is -0.0260. The summed E-state index contributed by atoms with van der Waals surface area (Å²) in [5.74, 6) is -2.44. The van der Waals surface area contributed by atoms with Gasteiger partial charge in [0.15, 0.2) is 0 Å². The van der Waals surface area contributed by atoms with Crippen LogP contribution >= 0.6 is 11.3 Å². The minimum absolute atomic E-state index is 0.0918. The number of thiophene rings is 1. The zero-order chi connectivity index (χ0) is 14.8. The fourth-order valence-electron chi connectivity index (χ4n) is 2.01. The van der Waals surface area contributed by atoms with Crippen LogP contribution in [0.3, 0.4) is 0 Å². The molecule has 8 heteroatoms. The fourth-order valence-corrected chi connectivity index (χ4v) is 2.68. The van der Waals surface area contributed by atoms with Crippen LogP contribution in [0.5, 0.6) is 0 Å². The molecule has 20 heavy (non-hydrogen) atoms. The number of carbonyl (C=O) groups is 2. The number of hydrogen-bond donors (Lipinski definition) is 2. The molecule has 1 aliphatic heterocycles. The van der Waals surface area contributed by atoms with Crippen LogP contribution in [0.2, 0.25) is 0 Å². The summed E-state index contributed by atoms with van der Waals surface area (Å²) in [4.78, 5) is 23.4.